The van der Waals surface area contributed by atoms with Gasteiger partial charge in [-0.3, -0.25) is 0 Å². The van der Waals surface area contributed by atoms with Crippen molar-refractivity contribution in [1.29, 1.82) is 0 Å². The van der Waals surface area contributed by atoms with Crippen molar-refractivity contribution in [3.05, 3.63) is 34.9 Å². The van der Waals surface area contributed by atoms with Gasteiger partial charge in [0, 0.05) is 17.6 Å². The average Bonchev–Trinajstić information content (AvgIpc) is 2.16. The van der Waals surface area contributed by atoms with Gasteiger partial charge in [0.2, 0.25) is 0 Å². The molecule has 1 aromatic rings. The predicted molar refractivity (Wildman–Crippen MR) is 62.8 cm³/mol. The Morgan fingerprint density at radius 2 is 1.62 bits per heavy atom. The third-order valence-electron chi connectivity index (χ3n) is 2.70. The largest absolute Gasteiger partial charge is 0.308 e. The van der Waals surface area contributed by atoms with Gasteiger partial charge in [-0.05, 0) is 25.0 Å². The summed E-state index contributed by atoms with van der Waals surface area (Å²) in [6, 6.07) is 5.53. The number of nitrogens with one attached hydrogen (secondary N) is 1. The van der Waals surface area contributed by atoms with Gasteiger partial charge in [-0.15, -0.1) is 0 Å². The monoisotopic (exact) mass is 227 g/mol. The molecule has 1 aromatic carbocycles. The van der Waals surface area contributed by atoms with Gasteiger partial charge in [-0.25, -0.2) is 8.78 Å². The first-order valence-electron chi connectivity index (χ1n) is 5.57. The Bertz CT molecular complexity index is 348. The topological polar surface area (TPSA) is 12.0 Å². The summed E-state index contributed by atoms with van der Waals surface area (Å²) < 4.78 is 25.4. The molecule has 16 heavy (non-hydrogen) atoms. The highest BCUT2D eigenvalue weighted by molar-refractivity contribution is 5.36. The van der Waals surface area contributed by atoms with Gasteiger partial charge in [0.1, 0.15) is 0 Å². The Hall–Kier alpha value is -0.960. The number of alkyl halides is 2. The fourth-order valence-corrected chi connectivity index (χ4v) is 1.97. The van der Waals surface area contributed by atoms with Gasteiger partial charge in [0.25, 0.3) is 6.43 Å². The van der Waals surface area contributed by atoms with Gasteiger partial charge in [-0.2, -0.15) is 0 Å². The van der Waals surface area contributed by atoms with Crippen molar-refractivity contribution in [3.63, 3.8) is 0 Å². The van der Waals surface area contributed by atoms with E-state index in [1.165, 1.54) is 6.07 Å². The van der Waals surface area contributed by atoms with Gasteiger partial charge in [-0.1, -0.05) is 32.0 Å². The first-order chi connectivity index (χ1) is 7.43. The molecule has 1 nitrogen and oxygen atoms in total. The van der Waals surface area contributed by atoms with Gasteiger partial charge in [0.15, 0.2) is 0 Å². The highest BCUT2D eigenvalue weighted by atomic mass is 19.3. The van der Waals surface area contributed by atoms with E-state index < -0.39 is 6.43 Å². The second-order valence-corrected chi connectivity index (χ2v) is 4.41. The summed E-state index contributed by atoms with van der Waals surface area (Å²) >= 11 is 0. The summed E-state index contributed by atoms with van der Waals surface area (Å²) in [7, 11) is 0. The minimum Gasteiger partial charge on any atom is -0.308 e. The second kappa shape index (κ2) is 5.39. The van der Waals surface area contributed by atoms with E-state index in [0.717, 1.165) is 5.56 Å². The Labute approximate surface area is 95.9 Å². The minimum atomic E-state index is -2.40. The molecule has 0 aliphatic rings. The van der Waals surface area contributed by atoms with Crippen LogP contribution in [0.4, 0.5) is 8.78 Å². The maximum Gasteiger partial charge on any atom is 0.264 e. The summed E-state index contributed by atoms with van der Waals surface area (Å²) in [6.45, 7) is 7.85. The Balaban J connectivity index is 3.00. The van der Waals surface area contributed by atoms with Crippen molar-refractivity contribution in [2.75, 3.05) is 0 Å². The standard InChI is InChI=1S/C13H19F2N/c1-8(2)16-10(4)11-6-5-7-12(9(11)3)13(14)15/h5-8,10,13,16H,1-4H3/t10-/m1/s1. The van der Waals surface area contributed by atoms with E-state index in [0.29, 0.717) is 11.6 Å². The smallest absolute Gasteiger partial charge is 0.264 e. The zero-order valence-electron chi connectivity index (χ0n) is 10.2. The summed E-state index contributed by atoms with van der Waals surface area (Å²) in [5.74, 6) is 0. The Morgan fingerprint density at radius 3 is 2.12 bits per heavy atom. The molecule has 0 bridgehead atoms. The second-order valence-electron chi connectivity index (χ2n) is 4.41. The van der Waals surface area contributed by atoms with Crippen molar-refractivity contribution >= 4 is 0 Å². The van der Waals surface area contributed by atoms with Crippen molar-refractivity contribution in [3.8, 4) is 0 Å². The molecule has 0 fully saturated rings. The van der Waals surface area contributed by atoms with E-state index in [2.05, 4.69) is 5.32 Å². The molecule has 0 unspecified atom stereocenters. The van der Waals surface area contributed by atoms with Crippen LogP contribution in [0.2, 0.25) is 0 Å². The fraction of sp³-hybridized carbons (Fsp3) is 0.538. The van der Waals surface area contributed by atoms with Crippen LogP contribution in [0.15, 0.2) is 18.2 Å². The van der Waals surface area contributed by atoms with E-state index in [9.17, 15) is 8.78 Å². The molecular weight excluding hydrogens is 208 g/mol. The van der Waals surface area contributed by atoms with Crippen LogP contribution in [0.5, 0.6) is 0 Å². The van der Waals surface area contributed by atoms with Crippen molar-refractivity contribution in [2.45, 2.75) is 46.2 Å². The van der Waals surface area contributed by atoms with Crippen molar-refractivity contribution < 1.29 is 8.78 Å². The van der Waals surface area contributed by atoms with Crippen LogP contribution < -0.4 is 5.32 Å². The predicted octanol–water partition coefficient (Wildman–Crippen LogP) is 3.99. The SMILES string of the molecule is Cc1c(C(F)F)cccc1[C@@H](C)NC(C)C. The summed E-state index contributed by atoms with van der Waals surface area (Å²) in [5.41, 5.74) is 1.78. The lowest BCUT2D eigenvalue weighted by Crippen LogP contribution is -2.26. The Morgan fingerprint density at radius 1 is 1.06 bits per heavy atom. The van der Waals surface area contributed by atoms with E-state index >= 15 is 0 Å². The minimum absolute atomic E-state index is 0.0960. The Kier molecular flexibility index (Phi) is 4.42. The zero-order valence-corrected chi connectivity index (χ0v) is 10.2. The van der Waals surface area contributed by atoms with Crippen LogP contribution in [0.3, 0.4) is 0 Å². The van der Waals surface area contributed by atoms with Crippen LogP contribution in [0.25, 0.3) is 0 Å². The summed E-state index contributed by atoms with van der Waals surface area (Å²) in [5, 5.41) is 3.32. The lowest BCUT2D eigenvalue weighted by atomic mass is 9.97. The lowest BCUT2D eigenvalue weighted by molar-refractivity contribution is 0.150. The van der Waals surface area contributed by atoms with Crippen LogP contribution in [0.1, 0.15) is 49.9 Å². The van der Waals surface area contributed by atoms with Crippen molar-refractivity contribution in [2.24, 2.45) is 0 Å². The zero-order chi connectivity index (χ0) is 12.3. The molecule has 3 heteroatoms. The molecule has 1 rings (SSSR count). The normalized spacial score (nSPS) is 13.5. The number of hydrogen-bond acceptors (Lipinski definition) is 1. The lowest BCUT2D eigenvalue weighted by Gasteiger charge is -2.20. The first-order valence-corrected chi connectivity index (χ1v) is 5.57. The maximum absolute atomic E-state index is 12.7. The highest BCUT2D eigenvalue weighted by Gasteiger charge is 2.16. The van der Waals surface area contributed by atoms with E-state index in [-0.39, 0.29) is 11.6 Å². The molecule has 0 saturated carbocycles. The van der Waals surface area contributed by atoms with Crippen LogP contribution in [0, 0.1) is 6.92 Å². The molecule has 0 aromatic heterocycles. The fourth-order valence-electron chi connectivity index (χ4n) is 1.97. The maximum atomic E-state index is 12.7. The van der Waals surface area contributed by atoms with Crippen LogP contribution in [-0.2, 0) is 0 Å². The van der Waals surface area contributed by atoms with E-state index in [4.69, 9.17) is 0 Å². The molecule has 0 aliphatic carbocycles. The van der Waals surface area contributed by atoms with E-state index in [1.54, 1.807) is 13.0 Å². The third kappa shape index (κ3) is 3.01. The average molecular weight is 227 g/mol. The number of hydrogen-bond donors (Lipinski definition) is 1. The highest BCUT2D eigenvalue weighted by Crippen LogP contribution is 2.27. The molecule has 0 radical (unpaired) electrons. The molecule has 0 spiro atoms. The first kappa shape index (κ1) is 13.1. The third-order valence-corrected chi connectivity index (χ3v) is 2.70. The molecule has 1 atom stereocenters. The molecule has 0 aliphatic heterocycles. The van der Waals surface area contributed by atoms with Crippen LogP contribution >= 0.6 is 0 Å². The number of benzene rings is 1. The van der Waals surface area contributed by atoms with E-state index in [1.807, 2.05) is 26.8 Å². The molecular formula is C13H19F2N. The van der Waals surface area contributed by atoms with Crippen molar-refractivity contribution in [1.82, 2.24) is 5.32 Å². The molecule has 90 valence electrons. The quantitative estimate of drug-likeness (QED) is 0.820. The van der Waals surface area contributed by atoms with Crippen LogP contribution in [-0.4, -0.2) is 6.04 Å². The molecule has 0 heterocycles. The summed E-state index contributed by atoms with van der Waals surface area (Å²) in [4.78, 5) is 0. The number of rotatable bonds is 4. The number of halogens is 2. The van der Waals surface area contributed by atoms with Gasteiger partial charge in [0.05, 0.1) is 0 Å². The summed E-state index contributed by atoms with van der Waals surface area (Å²) in [6.07, 6.45) is -2.40. The van der Waals surface area contributed by atoms with Gasteiger partial charge < -0.3 is 5.32 Å². The molecule has 1 N–H and O–H groups in total. The van der Waals surface area contributed by atoms with Gasteiger partial charge >= 0.3 is 0 Å². The molecule has 0 saturated heterocycles. The molecule has 0 amide bonds.